The van der Waals surface area contributed by atoms with E-state index in [-0.39, 0.29) is 12.5 Å². The summed E-state index contributed by atoms with van der Waals surface area (Å²) in [5, 5.41) is 11.9. The molecular formula is C16H21NO3. The minimum Gasteiger partial charge on any atom is -0.481 e. The molecular weight excluding hydrogens is 254 g/mol. The lowest BCUT2D eigenvalue weighted by atomic mass is 10.0. The van der Waals surface area contributed by atoms with Gasteiger partial charge in [0.25, 0.3) is 5.91 Å². The Bertz CT molecular complexity index is 520. The summed E-state index contributed by atoms with van der Waals surface area (Å²) in [7, 11) is 0. The number of rotatable bonds is 6. The van der Waals surface area contributed by atoms with E-state index in [9.17, 15) is 14.7 Å². The standard InChI is InChI=1S/C16H21NO3/c1-10-3-4-11(2)14(7-10)15(18)17-9-13(16(19)20)8-12-5-6-12/h3-4,7,12-13H,5-6,8-9H2,1-2H3,(H,17,18)(H,19,20). The van der Waals surface area contributed by atoms with Gasteiger partial charge in [-0.25, -0.2) is 0 Å². The maximum atomic E-state index is 12.1. The number of aryl methyl sites for hydroxylation is 2. The van der Waals surface area contributed by atoms with Gasteiger partial charge in [-0.1, -0.05) is 30.5 Å². The van der Waals surface area contributed by atoms with Gasteiger partial charge in [-0.05, 0) is 37.8 Å². The molecule has 2 N–H and O–H groups in total. The number of hydrogen-bond donors (Lipinski definition) is 2. The highest BCUT2D eigenvalue weighted by molar-refractivity contribution is 5.96. The first-order chi connectivity index (χ1) is 9.47. The van der Waals surface area contributed by atoms with Crippen molar-refractivity contribution in [3.63, 3.8) is 0 Å². The molecule has 2 rings (SSSR count). The fraction of sp³-hybridized carbons (Fsp3) is 0.500. The molecule has 1 aliphatic carbocycles. The van der Waals surface area contributed by atoms with Gasteiger partial charge >= 0.3 is 5.97 Å². The van der Waals surface area contributed by atoms with Gasteiger partial charge in [0.2, 0.25) is 0 Å². The average Bonchev–Trinajstić information content (AvgIpc) is 3.20. The first-order valence-corrected chi connectivity index (χ1v) is 7.05. The number of carbonyl (C=O) groups excluding carboxylic acids is 1. The molecule has 4 heteroatoms. The molecule has 1 fully saturated rings. The van der Waals surface area contributed by atoms with Gasteiger partial charge in [-0.15, -0.1) is 0 Å². The quantitative estimate of drug-likeness (QED) is 0.838. The molecule has 1 aliphatic rings. The fourth-order valence-electron chi connectivity index (χ4n) is 2.32. The Kier molecular flexibility index (Phi) is 4.42. The molecule has 108 valence electrons. The zero-order valence-electron chi connectivity index (χ0n) is 12.0. The van der Waals surface area contributed by atoms with Crippen molar-refractivity contribution in [3.8, 4) is 0 Å². The van der Waals surface area contributed by atoms with Crippen LogP contribution in [0.4, 0.5) is 0 Å². The van der Waals surface area contributed by atoms with Crippen LogP contribution >= 0.6 is 0 Å². The summed E-state index contributed by atoms with van der Waals surface area (Å²) in [6.07, 6.45) is 2.91. The number of benzene rings is 1. The fourth-order valence-corrected chi connectivity index (χ4v) is 2.32. The molecule has 0 aromatic heterocycles. The van der Waals surface area contributed by atoms with E-state index in [1.54, 1.807) is 0 Å². The Hall–Kier alpha value is -1.84. The second-order valence-corrected chi connectivity index (χ2v) is 5.74. The van der Waals surface area contributed by atoms with E-state index in [4.69, 9.17) is 0 Å². The van der Waals surface area contributed by atoms with Crippen molar-refractivity contribution in [1.29, 1.82) is 0 Å². The van der Waals surface area contributed by atoms with Crippen molar-refractivity contribution in [2.75, 3.05) is 6.54 Å². The topological polar surface area (TPSA) is 66.4 Å². The van der Waals surface area contributed by atoms with Gasteiger partial charge in [-0.3, -0.25) is 9.59 Å². The van der Waals surface area contributed by atoms with Crippen molar-refractivity contribution in [2.45, 2.75) is 33.1 Å². The predicted molar refractivity (Wildman–Crippen MR) is 76.7 cm³/mol. The van der Waals surface area contributed by atoms with Gasteiger partial charge in [0, 0.05) is 12.1 Å². The largest absolute Gasteiger partial charge is 0.481 e. The van der Waals surface area contributed by atoms with Crippen LogP contribution in [0, 0.1) is 25.7 Å². The number of amides is 1. The van der Waals surface area contributed by atoms with Crippen LogP contribution in [0.5, 0.6) is 0 Å². The average molecular weight is 275 g/mol. The molecule has 0 bridgehead atoms. The van der Waals surface area contributed by atoms with Crippen LogP contribution in [-0.4, -0.2) is 23.5 Å². The Balaban J connectivity index is 1.96. The van der Waals surface area contributed by atoms with E-state index in [2.05, 4.69) is 5.32 Å². The first kappa shape index (κ1) is 14.6. The normalized spacial score (nSPS) is 15.7. The number of carboxylic acids is 1. The molecule has 4 nitrogen and oxygen atoms in total. The van der Waals surface area contributed by atoms with Gasteiger partial charge in [0.15, 0.2) is 0 Å². The third-order valence-corrected chi connectivity index (χ3v) is 3.81. The van der Waals surface area contributed by atoms with Crippen molar-refractivity contribution in [1.82, 2.24) is 5.32 Å². The molecule has 0 aliphatic heterocycles. The van der Waals surface area contributed by atoms with E-state index < -0.39 is 11.9 Å². The van der Waals surface area contributed by atoms with Gasteiger partial charge in [0.05, 0.1) is 5.92 Å². The van der Waals surface area contributed by atoms with Crippen LogP contribution in [0.1, 0.15) is 40.7 Å². The van der Waals surface area contributed by atoms with E-state index in [0.29, 0.717) is 17.9 Å². The summed E-state index contributed by atoms with van der Waals surface area (Å²) < 4.78 is 0. The summed E-state index contributed by atoms with van der Waals surface area (Å²) in [5.74, 6) is -0.948. The zero-order chi connectivity index (χ0) is 14.7. The lowest BCUT2D eigenvalue weighted by molar-refractivity contribution is -0.141. The maximum Gasteiger partial charge on any atom is 0.308 e. The third-order valence-electron chi connectivity index (χ3n) is 3.81. The molecule has 0 saturated heterocycles. The first-order valence-electron chi connectivity index (χ1n) is 7.05. The minimum atomic E-state index is -0.821. The molecule has 0 radical (unpaired) electrons. The summed E-state index contributed by atoms with van der Waals surface area (Å²) in [6, 6.07) is 5.70. The zero-order valence-corrected chi connectivity index (χ0v) is 12.0. The van der Waals surface area contributed by atoms with E-state index in [0.717, 1.165) is 24.0 Å². The monoisotopic (exact) mass is 275 g/mol. The Morgan fingerprint density at radius 1 is 1.35 bits per heavy atom. The van der Waals surface area contributed by atoms with Crippen LogP contribution in [0.25, 0.3) is 0 Å². The highest BCUT2D eigenvalue weighted by Gasteiger charge is 2.29. The van der Waals surface area contributed by atoms with E-state index >= 15 is 0 Å². The minimum absolute atomic E-state index is 0.187. The summed E-state index contributed by atoms with van der Waals surface area (Å²) in [6.45, 7) is 4.02. The Morgan fingerprint density at radius 3 is 2.65 bits per heavy atom. The van der Waals surface area contributed by atoms with Crippen molar-refractivity contribution >= 4 is 11.9 Å². The molecule has 1 aromatic rings. The van der Waals surface area contributed by atoms with Crippen LogP contribution in [0.3, 0.4) is 0 Å². The van der Waals surface area contributed by atoms with Gasteiger partial charge < -0.3 is 10.4 Å². The SMILES string of the molecule is Cc1ccc(C)c(C(=O)NCC(CC2CC2)C(=O)O)c1. The van der Waals surface area contributed by atoms with Crippen LogP contribution in [-0.2, 0) is 4.79 Å². The Morgan fingerprint density at radius 2 is 2.05 bits per heavy atom. The second-order valence-electron chi connectivity index (χ2n) is 5.74. The smallest absolute Gasteiger partial charge is 0.308 e. The van der Waals surface area contributed by atoms with Crippen molar-refractivity contribution in [3.05, 3.63) is 34.9 Å². The van der Waals surface area contributed by atoms with Crippen molar-refractivity contribution < 1.29 is 14.7 Å². The molecule has 0 spiro atoms. The molecule has 20 heavy (non-hydrogen) atoms. The van der Waals surface area contributed by atoms with Crippen molar-refractivity contribution in [2.24, 2.45) is 11.8 Å². The van der Waals surface area contributed by atoms with Crippen LogP contribution in [0.15, 0.2) is 18.2 Å². The van der Waals surface area contributed by atoms with Crippen LogP contribution in [0.2, 0.25) is 0 Å². The number of nitrogens with one attached hydrogen (secondary N) is 1. The van der Waals surface area contributed by atoms with Gasteiger partial charge in [-0.2, -0.15) is 0 Å². The number of hydrogen-bond acceptors (Lipinski definition) is 2. The van der Waals surface area contributed by atoms with E-state index in [1.807, 2.05) is 32.0 Å². The summed E-state index contributed by atoms with van der Waals surface area (Å²) in [4.78, 5) is 23.3. The Labute approximate surface area is 119 Å². The number of carboxylic acid groups (broad SMARTS) is 1. The van der Waals surface area contributed by atoms with E-state index in [1.165, 1.54) is 0 Å². The maximum absolute atomic E-state index is 12.1. The third kappa shape index (κ3) is 3.83. The highest BCUT2D eigenvalue weighted by Crippen LogP contribution is 2.35. The molecule has 1 amide bonds. The predicted octanol–water partition coefficient (Wildman–Crippen LogP) is 2.53. The number of aliphatic carboxylic acids is 1. The van der Waals surface area contributed by atoms with Crippen LogP contribution < -0.4 is 5.32 Å². The summed E-state index contributed by atoms with van der Waals surface area (Å²) >= 11 is 0. The molecule has 1 atom stereocenters. The number of carbonyl (C=O) groups is 2. The lowest BCUT2D eigenvalue weighted by Gasteiger charge is -2.14. The molecule has 1 aromatic carbocycles. The summed E-state index contributed by atoms with van der Waals surface area (Å²) in [5.41, 5.74) is 2.55. The molecule has 1 saturated carbocycles. The second kappa shape index (κ2) is 6.07. The lowest BCUT2D eigenvalue weighted by Crippen LogP contribution is -2.33. The molecule has 1 unspecified atom stereocenters. The van der Waals surface area contributed by atoms with Gasteiger partial charge in [0.1, 0.15) is 0 Å². The highest BCUT2D eigenvalue weighted by atomic mass is 16.4. The molecule has 0 heterocycles.